The summed E-state index contributed by atoms with van der Waals surface area (Å²) in [5, 5.41) is 18.2. The average Bonchev–Trinajstić information content (AvgIpc) is 3.22. The van der Waals surface area contributed by atoms with Crippen molar-refractivity contribution in [2.45, 2.75) is 69.0 Å². The Morgan fingerprint density at radius 3 is 3.11 bits per heavy atom. The molecule has 3 aliphatic rings. The number of fused-ring (bicyclic) bond motifs is 2. The summed E-state index contributed by atoms with van der Waals surface area (Å²) in [5.74, 6) is 0.480. The minimum absolute atomic E-state index is 0.0974. The van der Waals surface area contributed by atoms with Crippen LogP contribution >= 0.6 is 0 Å². The fraction of sp³-hybridized carbons (Fsp3) is 0.556. The molecule has 0 amide bonds. The normalized spacial score (nSPS) is 21.7. The third kappa shape index (κ3) is 6.39. The molecule has 3 atom stereocenters. The summed E-state index contributed by atoms with van der Waals surface area (Å²) in [6, 6.07) is 3.51. The molecule has 1 saturated heterocycles. The summed E-state index contributed by atoms with van der Waals surface area (Å²) in [5.41, 5.74) is 3.87. The van der Waals surface area contributed by atoms with Gasteiger partial charge in [-0.25, -0.2) is 24.0 Å². The Kier molecular flexibility index (Phi) is 8.65. The van der Waals surface area contributed by atoms with Gasteiger partial charge in [0.2, 0.25) is 0 Å². The molecule has 0 radical (unpaired) electrons. The second kappa shape index (κ2) is 12.3. The van der Waals surface area contributed by atoms with Crippen molar-refractivity contribution < 1.29 is 18.8 Å². The molecule has 0 aliphatic carbocycles. The zero-order valence-electron chi connectivity index (χ0n) is 21.8. The van der Waals surface area contributed by atoms with Crippen molar-refractivity contribution in [2.24, 2.45) is 0 Å². The van der Waals surface area contributed by atoms with E-state index in [0.29, 0.717) is 29.4 Å². The highest BCUT2D eigenvalue weighted by Crippen LogP contribution is 2.33. The summed E-state index contributed by atoms with van der Waals surface area (Å²) in [6.07, 6.45) is 8.05. The Morgan fingerprint density at radius 1 is 1.34 bits per heavy atom. The van der Waals surface area contributed by atoms with Crippen LogP contribution in [0.1, 0.15) is 55.8 Å². The van der Waals surface area contributed by atoms with Crippen molar-refractivity contribution in [3.63, 3.8) is 0 Å². The summed E-state index contributed by atoms with van der Waals surface area (Å²) >= 11 is 0. The number of aliphatic carboxylic acids is 1. The number of aromatic nitrogens is 3. The number of anilines is 2. The zero-order chi connectivity index (χ0) is 26.5. The third-order valence-corrected chi connectivity index (χ3v) is 8.63. The molecule has 2 aromatic rings. The lowest BCUT2D eigenvalue weighted by atomic mass is 10.1. The molecule has 1 fully saturated rings. The molecule has 3 N–H and O–H groups in total. The van der Waals surface area contributed by atoms with E-state index in [2.05, 4.69) is 37.6 Å². The molecule has 10 nitrogen and oxygen atoms in total. The molecule has 0 aromatic carbocycles. The minimum atomic E-state index is -1.33. The molecule has 0 spiro atoms. The van der Waals surface area contributed by atoms with E-state index in [1.807, 2.05) is 6.92 Å². The standard InChI is InChI=1S/C27H36N6O4S/c1-18-16-38(36)26-23(18)25(29-17-30-26)32-22(27(34)35)10-14-37-21-7-4-13-33(15-21)12-3-6-20-9-8-19-5-2-11-28-24(19)31-20/h8-9,16-17,21-22H,2-7,10-15H2,1H3,(H,28,31)(H,34,35)(H,29,30,32)/t21-,22-,38?/m1/s1. The lowest BCUT2D eigenvalue weighted by Crippen LogP contribution is -2.41. The number of likely N-dealkylation sites (tertiary alicyclic amines) is 1. The van der Waals surface area contributed by atoms with Gasteiger partial charge in [-0.3, -0.25) is 0 Å². The quantitative estimate of drug-likeness (QED) is 0.366. The summed E-state index contributed by atoms with van der Waals surface area (Å²) in [6.45, 7) is 6.09. The molecule has 3 aliphatic heterocycles. The zero-order valence-corrected chi connectivity index (χ0v) is 22.6. The Labute approximate surface area is 225 Å². The van der Waals surface area contributed by atoms with Gasteiger partial charge in [-0.15, -0.1) is 0 Å². The fourth-order valence-electron chi connectivity index (χ4n) is 5.38. The van der Waals surface area contributed by atoms with Crippen molar-refractivity contribution in [3.05, 3.63) is 40.7 Å². The number of piperidine rings is 1. The van der Waals surface area contributed by atoms with E-state index >= 15 is 0 Å². The second-order valence-electron chi connectivity index (χ2n) is 10.2. The van der Waals surface area contributed by atoms with E-state index in [0.717, 1.165) is 75.4 Å². The number of ether oxygens (including phenoxy) is 1. The van der Waals surface area contributed by atoms with E-state index < -0.39 is 22.8 Å². The summed E-state index contributed by atoms with van der Waals surface area (Å²) in [7, 11) is -1.33. The van der Waals surface area contributed by atoms with E-state index in [-0.39, 0.29) is 6.10 Å². The molecule has 0 saturated carbocycles. The largest absolute Gasteiger partial charge is 0.480 e. The summed E-state index contributed by atoms with van der Waals surface area (Å²) < 4.78 is 18.3. The van der Waals surface area contributed by atoms with Gasteiger partial charge in [0.1, 0.15) is 29.0 Å². The summed E-state index contributed by atoms with van der Waals surface area (Å²) in [4.78, 5) is 27.5. The number of hydrogen-bond acceptors (Lipinski definition) is 9. The molecule has 5 heterocycles. The van der Waals surface area contributed by atoms with Crippen LogP contribution in [0.5, 0.6) is 0 Å². The van der Waals surface area contributed by atoms with Crippen molar-refractivity contribution >= 4 is 34.0 Å². The van der Waals surface area contributed by atoms with Crippen LogP contribution in [0.15, 0.2) is 28.9 Å². The van der Waals surface area contributed by atoms with Gasteiger partial charge in [0.15, 0.2) is 0 Å². The monoisotopic (exact) mass is 540 g/mol. The highest BCUT2D eigenvalue weighted by Gasteiger charge is 2.27. The average molecular weight is 541 g/mol. The van der Waals surface area contributed by atoms with Gasteiger partial charge in [-0.05, 0) is 75.7 Å². The predicted octanol–water partition coefficient (Wildman–Crippen LogP) is 3.08. The van der Waals surface area contributed by atoms with Crippen LogP contribution in [0.4, 0.5) is 11.6 Å². The number of nitrogens with one attached hydrogen (secondary N) is 2. The topological polar surface area (TPSA) is 130 Å². The Balaban J connectivity index is 1.07. The van der Waals surface area contributed by atoms with E-state index in [9.17, 15) is 14.1 Å². The van der Waals surface area contributed by atoms with Gasteiger partial charge in [0.05, 0.1) is 22.5 Å². The lowest BCUT2D eigenvalue weighted by Gasteiger charge is -2.33. The predicted molar refractivity (Wildman–Crippen MR) is 147 cm³/mol. The van der Waals surface area contributed by atoms with E-state index in [4.69, 9.17) is 9.72 Å². The molecule has 0 bridgehead atoms. The first-order valence-corrected chi connectivity index (χ1v) is 14.7. The number of rotatable bonds is 11. The van der Waals surface area contributed by atoms with Crippen LogP contribution in [-0.4, -0.2) is 80.1 Å². The van der Waals surface area contributed by atoms with Crippen molar-refractivity contribution in [3.8, 4) is 0 Å². The molecule has 38 heavy (non-hydrogen) atoms. The van der Waals surface area contributed by atoms with Crippen LogP contribution in [0.3, 0.4) is 0 Å². The first kappa shape index (κ1) is 26.7. The van der Waals surface area contributed by atoms with Gasteiger partial charge in [0, 0.05) is 37.2 Å². The van der Waals surface area contributed by atoms with Gasteiger partial charge in [0.25, 0.3) is 0 Å². The lowest BCUT2D eigenvalue weighted by molar-refractivity contribution is -0.138. The second-order valence-corrected chi connectivity index (χ2v) is 11.4. The first-order chi connectivity index (χ1) is 18.5. The fourth-order valence-corrected chi connectivity index (χ4v) is 6.54. The van der Waals surface area contributed by atoms with Gasteiger partial charge < -0.3 is 25.4 Å². The Morgan fingerprint density at radius 2 is 2.24 bits per heavy atom. The van der Waals surface area contributed by atoms with E-state index in [1.165, 1.54) is 18.3 Å². The maximum absolute atomic E-state index is 12.2. The van der Waals surface area contributed by atoms with Gasteiger partial charge >= 0.3 is 5.97 Å². The van der Waals surface area contributed by atoms with Gasteiger partial charge in [-0.1, -0.05) is 6.07 Å². The molecular formula is C27H36N6O4S. The molecule has 5 rings (SSSR count). The SMILES string of the molecule is CC1=CS(=O)c2ncnc(N[C@H](CCO[C@@H]3CCCN(CCCc4ccc5c(n4)NCCC5)C3)C(=O)O)c21. The van der Waals surface area contributed by atoms with Crippen LogP contribution in [-0.2, 0) is 33.2 Å². The molecule has 2 aromatic heterocycles. The van der Waals surface area contributed by atoms with Crippen LogP contribution in [0, 0.1) is 0 Å². The van der Waals surface area contributed by atoms with Crippen LogP contribution < -0.4 is 10.6 Å². The smallest absolute Gasteiger partial charge is 0.326 e. The van der Waals surface area contributed by atoms with E-state index in [1.54, 1.807) is 5.41 Å². The van der Waals surface area contributed by atoms with Crippen molar-refractivity contribution in [1.82, 2.24) is 19.9 Å². The highest BCUT2D eigenvalue weighted by molar-refractivity contribution is 7.88. The highest BCUT2D eigenvalue weighted by atomic mass is 32.2. The van der Waals surface area contributed by atoms with Crippen LogP contribution in [0.2, 0.25) is 0 Å². The molecular weight excluding hydrogens is 504 g/mol. The number of nitrogens with zero attached hydrogens (tertiary/aromatic N) is 4. The number of carbonyl (C=O) groups is 1. The van der Waals surface area contributed by atoms with Crippen molar-refractivity contribution in [2.75, 3.05) is 43.4 Å². The first-order valence-electron chi connectivity index (χ1n) is 13.5. The number of hydrogen-bond donors (Lipinski definition) is 3. The van der Waals surface area contributed by atoms with Gasteiger partial charge in [-0.2, -0.15) is 0 Å². The molecule has 204 valence electrons. The Hall–Kier alpha value is -2.89. The number of carboxylic acid groups (broad SMARTS) is 1. The third-order valence-electron chi connectivity index (χ3n) is 7.37. The maximum Gasteiger partial charge on any atom is 0.326 e. The Bertz CT molecular complexity index is 1220. The number of carboxylic acids is 1. The van der Waals surface area contributed by atoms with Crippen LogP contribution in [0.25, 0.3) is 5.57 Å². The number of allylic oxidation sites excluding steroid dienone is 1. The molecule has 1 unspecified atom stereocenters. The maximum atomic E-state index is 12.2. The number of pyridine rings is 1. The van der Waals surface area contributed by atoms with Crippen molar-refractivity contribution in [1.29, 1.82) is 0 Å². The number of aryl methyl sites for hydroxylation is 2. The molecule has 11 heteroatoms. The minimum Gasteiger partial charge on any atom is -0.480 e.